The first-order chi connectivity index (χ1) is 17.6. The van der Waals surface area contributed by atoms with E-state index < -0.39 is 121 Å². The summed E-state index contributed by atoms with van der Waals surface area (Å²) in [4.78, 5) is -3.47. The molecule has 224 valence electrons. The fourth-order valence-corrected chi connectivity index (χ4v) is 5.44. The average molecular weight is 582 g/mol. The highest BCUT2D eigenvalue weighted by atomic mass is 32.2. The summed E-state index contributed by atoms with van der Waals surface area (Å²) in [6.45, 7) is -2.66. The lowest BCUT2D eigenvalue weighted by molar-refractivity contribution is -0.350. The summed E-state index contributed by atoms with van der Waals surface area (Å²) in [5.74, 6) is 0. The van der Waals surface area contributed by atoms with Crippen LogP contribution in [0.4, 0.5) is 0 Å². The fraction of sp³-hybridized carbons (Fsp3) is 1.00. The molecular formula is C18H35N3O16S. The smallest absolute Gasteiger partial charge is 0.299 e. The second kappa shape index (κ2) is 12.0. The summed E-state index contributed by atoms with van der Waals surface area (Å²) in [7, 11) is -5.49. The number of aliphatic hydroxyl groups is 8. The number of ether oxygens (including phenoxy) is 5. The van der Waals surface area contributed by atoms with Crippen molar-refractivity contribution in [2.45, 2.75) is 90.8 Å². The van der Waals surface area contributed by atoms with Crippen molar-refractivity contribution in [1.29, 1.82) is 0 Å². The van der Waals surface area contributed by atoms with Crippen LogP contribution in [0, 0.1) is 0 Å². The standard InChI is InChI=1S/C18H35N3O16S/c19-7-9(25)11(4(1-22)33-15(7)28)36-16-8(20)10(26)12(5(2-23)34-16)37-17-13(21)18(29,38(30,31)32)14(27)6(3-24)35-17/h4-17,22-29H,1-3,19-21H2,(H,30,31,32)/t4-,5-,6-,7-,8-,9-,10-,11?,12?,13-,14+,15-,16+,17+,18-/m1/s1. The third kappa shape index (κ3) is 5.57. The zero-order valence-electron chi connectivity index (χ0n) is 19.7. The van der Waals surface area contributed by atoms with Gasteiger partial charge in [0, 0.05) is 0 Å². The van der Waals surface area contributed by atoms with Gasteiger partial charge in [-0.15, -0.1) is 0 Å². The molecule has 0 aliphatic carbocycles. The van der Waals surface area contributed by atoms with E-state index in [1.807, 2.05) is 0 Å². The molecule has 3 heterocycles. The molecule has 2 unspecified atom stereocenters. The van der Waals surface area contributed by atoms with Gasteiger partial charge < -0.3 is 81.7 Å². The van der Waals surface area contributed by atoms with Crippen molar-refractivity contribution in [3.05, 3.63) is 0 Å². The minimum absolute atomic E-state index is 0.726. The van der Waals surface area contributed by atoms with Crippen molar-refractivity contribution in [2.75, 3.05) is 19.8 Å². The zero-order chi connectivity index (χ0) is 28.7. The molecule has 0 radical (unpaired) electrons. The Kier molecular flexibility index (Phi) is 10.1. The number of aliphatic hydroxyl groups excluding tert-OH is 7. The van der Waals surface area contributed by atoms with Gasteiger partial charge in [-0.25, -0.2) is 0 Å². The molecule has 15 atom stereocenters. The van der Waals surface area contributed by atoms with E-state index in [1.165, 1.54) is 0 Å². The van der Waals surface area contributed by atoms with E-state index in [9.17, 15) is 53.8 Å². The molecule has 0 aromatic heterocycles. The number of hydrogen-bond donors (Lipinski definition) is 12. The van der Waals surface area contributed by atoms with Gasteiger partial charge in [0.15, 0.2) is 18.9 Å². The van der Waals surface area contributed by atoms with E-state index >= 15 is 0 Å². The van der Waals surface area contributed by atoms with Gasteiger partial charge in [-0.3, -0.25) is 4.55 Å². The van der Waals surface area contributed by atoms with Crippen LogP contribution in [0.2, 0.25) is 0 Å². The molecule has 3 aliphatic rings. The van der Waals surface area contributed by atoms with Crippen molar-refractivity contribution in [3.8, 4) is 0 Å². The highest BCUT2D eigenvalue weighted by Gasteiger charge is 2.63. The summed E-state index contributed by atoms with van der Waals surface area (Å²) in [6.07, 6.45) is -18.7. The second-order valence-electron chi connectivity index (χ2n) is 9.23. The van der Waals surface area contributed by atoms with Gasteiger partial charge in [0.1, 0.15) is 54.9 Å². The lowest BCUT2D eigenvalue weighted by Gasteiger charge is -2.50. The van der Waals surface area contributed by atoms with E-state index in [0.717, 1.165) is 0 Å². The monoisotopic (exact) mass is 581 g/mol. The van der Waals surface area contributed by atoms with Crippen LogP contribution in [0.15, 0.2) is 0 Å². The molecule has 15 N–H and O–H groups in total. The van der Waals surface area contributed by atoms with Gasteiger partial charge in [-0.1, -0.05) is 0 Å². The molecule has 38 heavy (non-hydrogen) atoms. The predicted octanol–water partition coefficient (Wildman–Crippen LogP) is -8.46. The third-order valence-corrected chi connectivity index (χ3v) is 8.19. The number of nitrogens with two attached hydrogens (primary N) is 3. The molecule has 0 bridgehead atoms. The number of rotatable bonds is 8. The van der Waals surface area contributed by atoms with Crippen LogP contribution in [-0.4, -0.2) is 164 Å². The summed E-state index contributed by atoms with van der Waals surface area (Å²) >= 11 is 0. The minimum Gasteiger partial charge on any atom is -0.394 e. The maximum Gasteiger partial charge on any atom is 0.299 e. The predicted molar refractivity (Wildman–Crippen MR) is 118 cm³/mol. The van der Waals surface area contributed by atoms with E-state index in [-0.39, 0.29) is 0 Å². The minimum atomic E-state index is -5.49. The summed E-state index contributed by atoms with van der Waals surface area (Å²) in [5.41, 5.74) is 17.4. The van der Waals surface area contributed by atoms with Crippen molar-refractivity contribution in [1.82, 2.24) is 0 Å². The Morgan fingerprint density at radius 3 is 1.68 bits per heavy atom. The Morgan fingerprint density at radius 1 is 0.737 bits per heavy atom. The van der Waals surface area contributed by atoms with E-state index in [0.29, 0.717) is 0 Å². The quantitative estimate of drug-likeness (QED) is 0.118. The van der Waals surface area contributed by atoms with E-state index in [4.69, 9.17) is 40.9 Å². The second-order valence-corrected chi connectivity index (χ2v) is 10.8. The van der Waals surface area contributed by atoms with E-state index in [2.05, 4.69) is 0 Å². The van der Waals surface area contributed by atoms with Crippen molar-refractivity contribution in [2.24, 2.45) is 17.2 Å². The zero-order valence-corrected chi connectivity index (χ0v) is 20.5. The Bertz CT molecular complexity index is 899. The molecular weight excluding hydrogens is 546 g/mol. The lowest BCUT2D eigenvalue weighted by Crippen LogP contribution is -2.74. The van der Waals surface area contributed by atoms with Crippen LogP contribution in [0.5, 0.6) is 0 Å². The maximum absolute atomic E-state index is 11.9. The SMILES string of the molecule is N[C@H]1[C@H](OC2[C@@H](CO)O[C@@H](O)[C@H](N)[C@H]2O)O[C@H](CO)C(O[C@@H]2O[C@H](CO)[C@H](O)[C@](O)(S(=O)(=O)O)[C@@H]2N)[C@@H]1O. The molecule has 3 fully saturated rings. The van der Waals surface area contributed by atoms with E-state index in [1.54, 1.807) is 0 Å². The first-order valence-corrected chi connectivity index (χ1v) is 12.9. The molecule has 3 saturated heterocycles. The maximum atomic E-state index is 11.9. The van der Waals surface area contributed by atoms with Gasteiger partial charge in [0.25, 0.3) is 10.1 Å². The highest BCUT2D eigenvalue weighted by Crippen LogP contribution is 2.36. The average Bonchev–Trinajstić information content (AvgIpc) is 2.87. The molecule has 20 heteroatoms. The first kappa shape index (κ1) is 31.8. The van der Waals surface area contributed by atoms with Crippen molar-refractivity contribution < 1.29 is 77.5 Å². The van der Waals surface area contributed by atoms with Crippen LogP contribution in [0.1, 0.15) is 0 Å². The molecule has 3 rings (SSSR count). The van der Waals surface area contributed by atoms with Crippen molar-refractivity contribution >= 4 is 10.1 Å². The molecule has 0 aromatic carbocycles. The fourth-order valence-electron chi connectivity index (χ4n) is 4.53. The normalized spacial score (nSPS) is 50.6. The lowest BCUT2D eigenvalue weighted by atomic mass is 9.94. The molecule has 19 nitrogen and oxygen atoms in total. The van der Waals surface area contributed by atoms with Crippen LogP contribution in [-0.2, 0) is 33.8 Å². The van der Waals surface area contributed by atoms with Gasteiger partial charge in [-0.05, 0) is 0 Å². The molecule has 0 spiro atoms. The summed E-state index contributed by atoms with van der Waals surface area (Å²) in [6, 6.07) is -5.07. The van der Waals surface area contributed by atoms with Crippen LogP contribution >= 0.6 is 0 Å². The Labute approximate surface area is 215 Å². The Balaban J connectivity index is 1.81. The number of hydrogen-bond acceptors (Lipinski definition) is 18. The first-order valence-electron chi connectivity index (χ1n) is 11.4. The molecule has 0 amide bonds. The van der Waals surface area contributed by atoms with Gasteiger partial charge >= 0.3 is 0 Å². The van der Waals surface area contributed by atoms with Crippen molar-refractivity contribution in [3.63, 3.8) is 0 Å². The Hall–Kier alpha value is -0.730. The Morgan fingerprint density at radius 2 is 1.18 bits per heavy atom. The molecule has 0 saturated carbocycles. The molecule has 0 aromatic rings. The van der Waals surface area contributed by atoms with Crippen LogP contribution in [0.3, 0.4) is 0 Å². The molecule has 3 aliphatic heterocycles. The summed E-state index contributed by atoms with van der Waals surface area (Å²) < 4.78 is 60.2. The summed E-state index contributed by atoms with van der Waals surface area (Å²) in [5, 5.41) is 80.6. The van der Waals surface area contributed by atoms with Gasteiger partial charge in [-0.2, -0.15) is 8.42 Å². The third-order valence-electron chi connectivity index (χ3n) is 6.85. The van der Waals surface area contributed by atoms with Gasteiger partial charge in [0.05, 0.1) is 31.9 Å². The van der Waals surface area contributed by atoms with Crippen LogP contribution < -0.4 is 17.2 Å². The largest absolute Gasteiger partial charge is 0.394 e. The highest BCUT2D eigenvalue weighted by molar-refractivity contribution is 7.87. The topological polar surface area (TPSA) is 340 Å². The van der Waals surface area contributed by atoms with Crippen LogP contribution in [0.25, 0.3) is 0 Å². The van der Waals surface area contributed by atoms with Gasteiger partial charge in [0.2, 0.25) is 4.93 Å².